The van der Waals surface area contributed by atoms with Crippen molar-refractivity contribution in [3.05, 3.63) is 36.0 Å². The van der Waals surface area contributed by atoms with Crippen molar-refractivity contribution >= 4 is 10.9 Å². The van der Waals surface area contributed by atoms with Gasteiger partial charge in [0.15, 0.2) is 0 Å². The summed E-state index contributed by atoms with van der Waals surface area (Å²) in [5, 5.41) is 3.50. The molecule has 2 nitrogen and oxygen atoms in total. The first-order valence-corrected chi connectivity index (χ1v) is 5.87. The van der Waals surface area contributed by atoms with Gasteiger partial charge in [-0.25, -0.2) is 0 Å². The van der Waals surface area contributed by atoms with E-state index in [9.17, 15) is 8.78 Å². The predicted molar refractivity (Wildman–Crippen MR) is 63.2 cm³/mol. The predicted octanol–water partition coefficient (Wildman–Crippen LogP) is 3.01. The molecular weight excluding hydrogens is 222 g/mol. The van der Waals surface area contributed by atoms with Crippen LogP contribution >= 0.6 is 0 Å². The van der Waals surface area contributed by atoms with E-state index >= 15 is 0 Å². The third-order valence-corrected chi connectivity index (χ3v) is 3.45. The topological polar surface area (TPSA) is 27.8 Å². The van der Waals surface area contributed by atoms with Gasteiger partial charge in [-0.3, -0.25) is 0 Å². The summed E-state index contributed by atoms with van der Waals surface area (Å²) in [5.74, 6) is -2.81. The van der Waals surface area contributed by atoms with Crippen LogP contribution in [0, 0.1) is 0 Å². The molecule has 1 aromatic carbocycles. The standard InChI is InChI=1S/C13H14F2N2/c14-13(15,12-6-3-7-16-12)10-8-17-11-5-2-1-4-9(10)11/h1-2,4-5,8,12,16-17H,3,6-7H2. The molecule has 2 aromatic rings. The number of rotatable bonds is 2. The lowest BCUT2D eigenvalue weighted by atomic mass is 9.99. The molecular formula is C13H14F2N2. The normalized spacial score (nSPS) is 21.2. The Hall–Kier alpha value is -1.42. The summed E-state index contributed by atoms with van der Waals surface area (Å²) < 4.78 is 28.7. The Kier molecular flexibility index (Phi) is 2.40. The highest BCUT2D eigenvalue weighted by atomic mass is 19.3. The third kappa shape index (κ3) is 1.63. The van der Waals surface area contributed by atoms with E-state index in [2.05, 4.69) is 10.3 Å². The van der Waals surface area contributed by atoms with Crippen LogP contribution in [0.15, 0.2) is 30.5 Å². The molecule has 3 rings (SSSR count). The quantitative estimate of drug-likeness (QED) is 0.824. The number of benzene rings is 1. The van der Waals surface area contributed by atoms with Crippen molar-refractivity contribution in [3.63, 3.8) is 0 Å². The van der Waals surface area contributed by atoms with Crippen molar-refractivity contribution in [1.29, 1.82) is 0 Å². The van der Waals surface area contributed by atoms with E-state index in [0.29, 0.717) is 18.4 Å². The Labute approximate surface area is 98.0 Å². The van der Waals surface area contributed by atoms with E-state index in [4.69, 9.17) is 0 Å². The van der Waals surface area contributed by atoms with Crippen LogP contribution < -0.4 is 5.32 Å². The van der Waals surface area contributed by atoms with Gasteiger partial charge >= 0.3 is 0 Å². The number of alkyl halides is 2. The van der Waals surface area contributed by atoms with E-state index < -0.39 is 12.0 Å². The lowest BCUT2D eigenvalue weighted by Gasteiger charge is -2.23. The van der Waals surface area contributed by atoms with Crippen molar-refractivity contribution in [1.82, 2.24) is 10.3 Å². The minimum Gasteiger partial charge on any atom is -0.361 e. The summed E-state index contributed by atoms with van der Waals surface area (Å²) in [4.78, 5) is 2.91. The first-order chi connectivity index (χ1) is 8.19. The number of hydrogen-bond donors (Lipinski definition) is 2. The van der Waals surface area contributed by atoms with E-state index in [0.717, 1.165) is 11.9 Å². The van der Waals surface area contributed by atoms with Crippen LogP contribution in [0.25, 0.3) is 10.9 Å². The molecule has 0 saturated carbocycles. The second kappa shape index (κ2) is 3.81. The fourth-order valence-corrected chi connectivity index (χ4v) is 2.53. The summed E-state index contributed by atoms with van der Waals surface area (Å²) in [6.07, 6.45) is 2.79. The number of fused-ring (bicyclic) bond motifs is 1. The Bertz CT molecular complexity index is 527. The minimum atomic E-state index is -2.81. The summed E-state index contributed by atoms with van der Waals surface area (Å²) in [6.45, 7) is 0.683. The monoisotopic (exact) mass is 236 g/mol. The van der Waals surface area contributed by atoms with Gasteiger partial charge in [-0.1, -0.05) is 18.2 Å². The van der Waals surface area contributed by atoms with Crippen LogP contribution in [0.3, 0.4) is 0 Å². The molecule has 4 heteroatoms. The number of aromatic amines is 1. The molecule has 1 unspecified atom stereocenters. The second-order valence-corrected chi connectivity index (χ2v) is 4.52. The number of aromatic nitrogens is 1. The zero-order valence-corrected chi connectivity index (χ0v) is 9.34. The molecule has 2 heterocycles. The van der Waals surface area contributed by atoms with Gasteiger partial charge in [-0.15, -0.1) is 0 Å². The van der Waals surface area contributed by atoms with Crippen molar-refractivity contribution in [2.75, 3.05) is 6.54 Å². The van der Waals surface area contributed by atoms with Crippen LogP contribution in [0.5, 0.6) is 0 Å². The molecule has 1 aliphatic heterocycles. The molecule has 90 valence electrons. The summed E-state index contributed by atoms with van der Waals surface area (Å²) >= 11 is 0. The Balaban J connectivity index is 2.07. The van der Waals surface area contributed by atoms with Crippen molar-refractivity contribution in [2.24, 2.45) is 0 Å². The average molecular weight is 236 g/mol. The molecule has 1 saturated heterocycles. The van der Waals surface area contributed by atoms with Gasteiger partial charge in [-0.2, -0.15) is 8.78 Å². The number of halogens is 2. The lowest BCUT2D eigenvalue weighted by molar-refractivity contribution is -0.0361. The smallest absolute Gasteiger partial charge is 0.290 e. The molecule has 2 N–H and O–H groups in total. The molecule has 17 heavy (non-hydrogen) atoms. The maximum atomic E-state index is 14.3. The third-order valence-electron chi connectivity index (χ3n) is 3.45. The van der Waals surface area contributed by atoms with Gasteiger partial charge in [0, 0.05) is 22.7 Å². The van der Waals surface area contributed by atoms with Crippen molar-refractivity contribution < 1.29 is 8.78 Å². The van der Waals surface area contributed by atoms with Gasteiger partial charge in [0.1, 0.15) is 0 Å². The van der Waals surface area contributed by atoms with Gasteiger partial charge in [0.05, 0.1) is 6.04 Å². The summed E-state index contributed by atoms with van der Waals surface area (Å²) in [6, 6.07) is 6.45. The van der Waals surface area contributed by atoms with Gasteiger partial charge in [0.25, 0.3) is 5.92 Å². The summed E-state index contributed by atoms with van der Waals surface area (Å²) in [5.41, 5.74) is 0.868. The van der Waals surface area contributed by atoms with Gasteiger partial charge in [0.2, 0.25) is 0 Å². The van der Waals surface area contributed by atoms with Gasteiger partial charge in [-0.05, 0) is 25.5 Å². The summed E-state index contributed by atoms with van der Waals surface area (Å²) in [7, 11) is 0. The lowest BCUT2D eigenvalue weighted by Crippen LogP contribution is -2.38. The number of para-hydroxylation sites is 1. The molecule has 0 amide bonds. The number of nitrogens with one attached hydrogen (secondary N) is 2. The molecule has 0 spiro atoms. The van der Waals surface area contributed by atoms with Crippen molar-refractivity contribution in [3.8, 4) is 0 Å². The maximum Gasteiger partial charge on any atom is 0.290 e. The Morgan fingerprint density at radius 2 is 2.06 bits per heavy atom. The second-order valence-electron chi connectivity index (χ2n) is 4.52. The fraction of sp³-hybridized carbons (Fsp3) is 0.385. The van der Waals surface area contributed by atoms with Crippen LogP contribution in [-0.2, 0) is 5.92 Å². The van der Waals surface area contributed by atoms with Crippen molar-refractivity contribution in [2.45, 2.75) is 24.8 Å². The SMILES string of the molecule is FC(F)(c1c[nH]c2ccccc12)C1CCCN1. The van der Waals surface area contributed by atoms with E-state index in [1.54, 1.807) is 12.1 Å². The van der Waals surface area contributed by atoms with Crippen LogP contribution in [-0.4, -0.2) is 17.6 Å². The zero-order valence-electron chi connectivity index (χ0n) is 9.34. The van der Waals surface area contributed by atoms with E-state index in [1.165, 1.54) is 6.20 Å². The van der Waals surface area contributed by atoms with Crippen LogP contribution in [0.4, 0.5) is 8.78 Å². The molecule has 1 aromatic heterocycles. The molecule has 0 radical (unpaired) electrons. The first kappa shape index (κ1) is 10.7. The van der Waals surface area contributed by atoms with Crippen LogP contribution in [0.1, 0.15) is 18.4 Å². The Morgan fingerprint density at radius 3 is 2.82 bits per heavy atom. The maximum absolute atomic E-state index is 14.3. The zero-order chi connectivity index (χ0) is 11.9. The molecule has 1 atom stereocenters. The average Bonchev–Trinajstić information content (AvgIpc) is 2.99. The highest BCUT2D eigenvalue weighted by Crippen LogP contribution is 2.39. The molecule has 1 fully saturated rings. The van der Waals surface area contributed by atoms with Gasteiger partial charge < -0.3 is 10.3 Å². The first-order valence-electron chi connectivity index (χ1n) is 5.87. The minimum absolute atomic E-state index is 0.104. The molecule has 1 aliphatic rings. The molecule has 0 bridgehead atoms. The molecule has 0 aliphatic carbocycles. The number of hydrogen-bond acceptors (Lipinski definition) is 1. The van der Waals surface area contributed by atoms with E-state index in [1.807, 2.05) is 12.1 Å². The highest BCUT2D eigenvalue weighted by Gasteiger charge is 2.44. The largest absolute Gasteiger partial charge is 0.361 e. The fourth-order valence-electron chi connectivity index (χ4n) is 2.53. The van der Waals surface area contributed by atoms with E-state index in [-0.39, 0.29) is 5.56 Å². The Morgan fingerprint density at radius 1 is 1.24 bits per heavy atom. The van der Waals surface area contributed by atoms with Crippen LogP contribution in [0.2, 0.25) is 0 Å². The number of H-pyrrole nitrogens is 1. The highest BCUT2D eigenvalue weighted by molar-refractivity contribution is 5.83.